The summed E-state index contributed by atoms with van der Waals surface area (Å²) in [5, 5.41) is 4.09. The lowest BCUT2D eigenvalue weighted by Gasteiger charge is -2.32. The number of hydrogen-bond donors (Lipinski definition) is 1. The molecule has 5 heteroatoms. The summed E-state index contributed by atoms with van der Waals surface area (Å²) in [6.45, 7) is 3.12. The van der Waals surface area contributed by atoms with Crippen LogP contribution in [0.25, 0.3) is 0 Å². The number of nitrogens with zero attached hydrogens (tertiary/aromatic N) is 2. The van der Waals surface area contributed by atoms with Gasteiger partial charge in [-0.15, -0.1) is 0 Å². The fraction of sp³-hybridized carbons (Fsp3) is 0.562. The molecule has 0 spiro atoms. The third-order valence-corrected chi connectivity index (χ3v) is 4.25. The Morgan fingerprint density at radius 1 is 1.43 bits per heavy atom. The van der Waals surface area contributed by atoms with Crippen LogP contribution in [-0.4, -0.2) is 55.5 Å². The summed E-state index contributed by atoms with van der Waals surface area (Å²) in [7, 11) is 3.87. The number of nitrogens with one attached hydrogen (secondary N) is 1. The van der Waals surface area contributed by atoms with E-state index in [-0.39, 0.29) is 5.91 Å². The standard InChI is InChI=1S/C16H24ClN3O/c1-19(15-7-4-8-18-10-15)12-16(21)20(2)11-13-5-3-6-14(17)9-13/h3,5-6,9,15,18H,4,7-8,10-12H2,1-2H3. The van der Waals surface area contributed by atoms with Crippen LogP contribution < -0.4 is 5.32 Å². The maximum absolute atomic E-state index is 12.3. The monoisotopic (exact) mass is 309 g/mol. The molecule has 0 saturated carbocycles. The predicted molar refractivity (Wildman–Crippen MR) is 86.4 cm³/mol. The molecule has 0 radical (unpaired) electrons. The Morgan fingerprint density at radius 2 is 2.24 bits per heavy atom. The van der Waals surface area contributed by atoms with Gasteiger partial charge in [-0.25, -0.2) is 0 Å². The second-order valence-corrected chi connectivity index (χ2v) is 6.23. The van der Waals surface area contributed by atoms with Crippen molar-refractivity contribution in [3.8, 4) is 0 Å². The highest BCUT2D eigenvalue weighted by atomic mass is 35.5. The van der Waals surface area contributed by atoms with Crippen LogP contribution in [0.4, 0.5) is 0 Å². The number of halogens is 1. The highest BCUT2D eigenvalue weighted by molar-refractivity contribution is 6.30. The highest BCUT2D eigenvalue weighted by Gasteiger charge is 2.21. The molecule has 1 aliphatic heterocycles. The zero-order chi connectivity index (χ0) is 15.2. The van der Waals surface area contributed by atoms with Crippen molar-refractivity contribution in [1.82, 2.24) is 15.1 Å². The van der Waals surface area contributed by atoms with Crippen molar-refractivity contribution in [1.29, 1.82) is 0 Å². The van der Waals surface area contributed by atoms with Crippen molar-refractivity contribution >= 4 is 17.5 Å². The van der Waals surface area contributed by atoms with Crippen LogP contribution in [-0.2, 0) is 11.3 Å². The first-order valence-corrected chi connectivity index (χ1v) is 7.83. The lowest BCUT2D eigenvalue weighted by Crippen LogP contribution is -2.47. The summed E-state index contributed by atoms with van der Waals surface area (Å²) in [6.07, 6.45) is 2.34. The van der Waals surface area contributed by atoms with E-state index in [1.165, 1.54) is 6.42 Å². The average molecular weight is 310 g/mol. The Labute approximate surface area is 132 Å². The van der Waals surface area contributed by atoms with E-state index in [1.807, 2.05) is 38.4 Å². The van der Waals surface area contributed by atoms with E-state index in [2.05, 4.69) is 10.2 Å². The number of piperidine rings is 1. The van der Waals surface area contributed by atoms with Crippen molar-refractivity contribution in [3.63, 3.8) is 0 Å². The Bertz CT molecular complexity index is 474. The molecule has 116 valence electrons. The van der Waals surface area contributed by atoms with Crippen LogP contribution in [0, 0.1) is 0 Å². The summed E-state index contributed by atoms with van der Waals surface area (Å²) in [4.78, 5) is 16.2. The average Bonchev–Trinajstić information content (AvgIpc) is 2.48. The van der Waals surface area contributed by atoms with Gasteiger partial charge in [0.25, 0.3) is 0 Å². The van der Waals surface area contributed by atoms with Crippen molar-refractivity contribution in [2.75, 3.05) is 33.7 Å². The lowest BCUT2D eigenvalue weighted by atomic mass is 10.1. The maximum Gasteiger partial charge on any atom is 0.236 e. The summed E-state index contributed by atoms with van der Waals surface area (Å²) in [6, 6.07) is 8.11. The van der Waals surface area contributed by atoms with Gasteiger partial charge in [0.15, 0.2) is 0 Å². The quantitative estimate of drug-likeness (QED) is 0.903. The van der Waals surface area contributed by atoms with Gasteiger partial charge >= 0.3 is 0 Å². The third kappa shape index (κ3) is 4.99. The van der Waals surface area contributed by atoms with Gasteiger partial charge in [0.1, 0.15) is 0 Å². The first kappa shape index (κ1) is 16.3. The minimum atomic E-state index is 0.142. The van der Waals surface area contributed by atoms with Crippen LogP contribution >= 0.6 is 11.6 Å². The van der Waals surface area contributed by atoms with Crippen LogP contribution in [0.2, 0.25) is 5.02 Å². The fourth-order valence-corrected chi connectivity index (χ4v) is 2.88. The molecule has 1 aliphatic rings. The molecule has 1 aromatic rings. The molecular weight excluding hydrogens is 286 g/mol. The van der Waals surface area contributed by atoms with Gasteiger partial charge < -0.3 is 10.2 Å². The maximum atomic E-state index is 12.3. The molecule has 1 N–H and O–H groups in total. The van der Waals surface area contributed by atoms with E-state index >= 15 is 0 Å². The van der Waals surface area contributed by atoms with Gasteiger partial charge in [0.2, 0.25) is 5.91 Å². The van der Waals surface area contributed by atoms with Crippen molar-refractivity contribution in [3.05, 3.63) is 34.9 Å². The summed E-state index contributed by atoms with van der Waals surface area (Å²) in [5.41, 5.74) is 1.06. The van der Waals surface area contributed by atoms with Crippen molar-refractivity contribution in [2.45, 2.75) is 25.4 Å². The number of likely N-dealkylation sites (N-methyl/N-ethyl adjacent to an activating group) is 2. The Balaban J connectivity index is 1.84. The van der Waals surface area contributed by atoms with Crippen LogP contribution in [0.5, 0.6) is 0 Å². The number of benzene rings is 1. The minimum absolute atomic E-state index is 0.142. The van der Waals surface area contributed by atoms with E-state index in [0.717, 1.165) is 25.1 Å². The highest BCUT2D eigenvalue weighted by Crippen LogP contribution is 2.13. The number of hydrogen-bond acceptors (Lipinski definition) is 3. The molecule has 1 amide bonds. The number of amides is 1. The number of carbonyl (C=O) groups is 1. The smallest absolute Gasteiger partial charge is 0.236 e. The van der Waals surface area contributed by atoms with Crippen molar-refractivity contribution < 1.29 is 4.79 Å². The third-order valence-electron chi connectivity index (χ3n) is 4.01. The molecule has 0 aliphatic carbocycles. The SMILES string of the molecule is CN(Cc1cccc(Cl)c1)C(=O)CN(C)C1CCCNC1. The summed E-state index contributed by atoms with van der Waals surface area (Å²) in [5.74, 6) is 0.142. The van der Waals surface area contributed by atoms with Gasteiger partial charge in [0.05, 0.1) is 6.54 Å². The zero-order valence-corrected chi connectivity index (χ0v) is 13.6. The van der Waals surface area contributed by atoms with Crippen molar-refractivity contribution in [2.24, 2.45) is 0 Å². The minimum Gasteiger partial charge on any atom is -0.340 e. The van der Waals surface area contributed by atoms with E-state index < -0.39 is 0 Å². The van der Waals surface area contributed by atoms with E-state index in [0.29, 0.717) is 24.2 Å². The molecule has 1 heterocycles. The largest absolute Gasteiger partial charge is 0.340 e. The molecule has 1 saturated heterocycles. The van der Waals surface area contributed by atoms with Gasteiger partial charge in [-0.05, 0) is 44.1 Å². The summed E-state index contributed by atoms with van der Waals surface area (Å²) >= 11 is 5.98. The molecule has 4 nitrogen and oxygen atoms in total. The Hall–Kier alpha value is -1.10. The van der Waals surface area contributed by atoms with Crippen LogP contribution in [0.15, 0.2) is 24.3 Å². The van der Waals surface area contributed by atoms with Gasteiger partial charge in [-0.2, -0.15) is 0 Å². The molecule has 0 bridgehead atoms. The van der Waals surface area contributed by atoms with E-state index in [1.54, 1.807) is 4.90 Å². The predicted octanol–water partition coefficient (Wildman–Crippen LogP) is 1.98. The number of rotatable bonds is 5. The molecule has 1 atom stereocenters. The molecule has 21 heavy (non-hydrogen) atoms. The zero-order valence-electron chi connectivity index (χ0n) is 12.8. The first-order valence-electron chi connectivity index (χ1n) is 7.45. The first-order chi connectivity index (χ1) is 10.1. The lowest BCUT2D eigenvalue weighted by molar-refractivity contribution is -0.131. The topological polar surface area (TPSA) is 35.6 Å². The second-order valence-electron chi connectivity index (χ2n) is 5.80. The molecule has 1 fully saturated rings. The molecule has 2 rings (SSSR count). The molecule has 1 unspecified atom stereocenters. The van der Waals surface area contributed by atoms with E-state index in [9.17, 15) is 4.79 Å². The summed E-state index contributed by atoms with van der Waals surface area (Å²) < 4.78 is 0. The van der Waals surface area contributed by atoms with E-state index in [4.69, 9.17) is 11.6 Å². The van der Waals surface area contributed by atoms with Crippen LogP contribution in [0.3, 0.4) is 0 Å². The molecule has 0 aromatic heterocycles. The van der Waals surface area contributed by atoms with Gasteiger partial charge in [-0.3, -0.25) is 9.69 Å². The molecular formula is C16H24ClN3O. The Morgan fingerprint density at radius 3 is 2.90 bits per heavy atom. The van der Waals surface area contributed by atoms with Gasteiger partial charge in [-0.1, -0.05) is 23.7 Å². The van der Waals surface area contributed by atoms with Crippen LogP contribution in [0.1, 0.15) is 18.4 Å². The molecule has 1 aromatic carbocycles. The second kappa shape index (κ2) is 7.78. The van der Waals surface area contributed by atoms with Gasteiger partial charge in [0, 0.05) is 31.2 Å². The fourth-order valence-electron chi connectivity index (χ4n) is 2.67. The normalized spacial score (nSPS) is 18.8. The number of carbonyl (C=O) groups excluding carboxylic acids is 1. The Kier molecular flexibility index (Phi) is 6.03.